The van der Waals surface area contributed by atoms with Gasteiger partial charge in [-0.15, -0.1) is 0 Å². The lowest BCUT2D eigenvalue weighted by Gasteiger charge is -2.19. The smallest absolute Gasteiger partial charge is 0.134 e. The average molecular weight is 277 g/mol. The topological polar surface area (TPSA) is 25.2 Å². The fourth-order valence-electron chi connectivity index (χ4n) is 1.92. The first-order chi connectivity index (χ1) is 9.11. The van der Waals surface area contributed by atoms with Gasteiger partial charge in [0.15, 0.2) is 0 Å². The minimum absolute atomic E-state index is 0.276. The number of rotatable bonds is 6. The van der Waals surface area contributed by atoms with Crippen LogP contribution in [0, 0.1) is 5.92 Å². The molecule has 0 fully saturated rings. The third-order valence-corrected chi connectivity index (χ3v) is 5.20. The molecule has 0 bridgehead atoms. The Hall–Kier alpha value is -0.930. The van der Waals surface area contributed by atoms with E-state index in [0.29, 0.717) is 11.2 Å². The van der Waals surface area contributed by atoms with Crippen molar-refractivity contribution in [2.45, 2.75) is 32.1 Å². The quantitative estimate of drug-likeness (QED) is 0.843. The number of furan rings is 1. The molecule has 2 aromatic rings. The molecule has 19 heavy (non-hydrogen) atoms. The molecule has 0 amide bonds. The van der Waals surface area contributed by atoms with Crippen LogP contribution in [0.1, 0.15) is 32.6 Å². The molecule has 2 rings (SSSR count). The molecular formula is C16H23NOS. The molecule has 0 aliphatic carbocycles. The largest absolute Gasteiger partial charge is 0.459 e. The number of hydrogen-bond acceptors (Lipinski definition) is 3. The van der Waals surface area contributed by atoms with E-state index in [2.05, 4.69) is 38.2 Å². The fourth-order valence-corrected chi connectivity index (χ4v) is 3.13. The highest BCUT2D eigenvalue weighted by atomic mass is 32.2. The van der Waals surface area contributed by atoms with Gasteiger partial charge in [-0.3, -0.25) is 0 Å². The van der Waals surface area contributed by atoms with E-state index < -0.39 is 0 Å². The Bertz CT molecular complexity index is 487. The summed E-state index contributed by atoms with van der Waals surface area (Å²) in [7, 11) is 2.00. The van der Waals surface area contributed by atoms with Gasteiger partial charge in [-0.25, -0.2) is 0 Å². The first-order valence-electron chi connectivity index (χ1n) is 6.89. The summed E-state index contributed by atoms with van der Waals surface area (Å²) in [4.78, 5) is 0. The summed E-state index contributed by atoms with van der Waals surface area (Å²) in [6.07, 6.45) is 0. The number of para-hydroxylation sites is 1. The van der Waals surface area contributed by atoms with Crippen LogP contribution in [-0.4, -0.2) is 18.1 Å². The summed E-state index contributed by atoms with van der Waals surface area (Å²) >= 11 is 2.00. The zero-order valence-electron chi connectivity index (χ0n) is 12.1. The van der Waals surface area contributed by atoms with Gasteiger partial charge < -0.3 is 9.73 Å². The normalized spacial score (nSPS) is 15.0. The molecule has 0 saturated heterocycles. The van der Waals surface area contributed by atoms with E-state index >= 15 is 0 Å². The van der Waals surface area contributed by atoms with Crippen LogP contribution < -0.4 is 5.32 Å². The Morgan fingerprint density at radius 3 is 2.58 bits per heavy atom. The molecule has 1 heterocycles. The predicted octanol–water partition coefficient (Wildman–Crippen LogP) is 4.47. The standard InChI is InChI=1S/C16H23NOS/c1-11(2)12(3)19-10-14(17-4)16-9-13-7-5-6-8-15(13)18-16/h5-9,11-12,14,17H,10H2,1-4H3. The Labute approximate surface area is 119 Å². The van der Waals surface area contributed by atoms with Crippen molar-refractivity contribution in [2.24, 2.45) is 5.92 Å². The van der Waals surface area contributed by atoms with Crippen molar-refractivity contribution < 1.29 is 4.42 Å². The number of hydrogen-bond donors (Lipinski definition) is 1. The van der Waals surface area contributed by atoms with Crippen molar-refractivity contribution in [3.05, 3.63) is 36.1 Å². The summed E-state index contributed by atoms with van der Waals surface area (Å²) in [6.45, 7) is 6.83. The van der Waals surface area contributed by atoms with Gasteiger partial charge >= 0.3 is 0 Å². The summed E-state index contributed by atoms with van der Waals surface area (Å²) in [6, 6.07) is 10.6. The van der Waals surface area contributed by atoms with Gasteiger partial charge in [-0.2, -0.15) is 11.8 Å². The SMILES string of the molecule is CNC(CSC(C)C(C)C)c1cc2ccccc2o1. The first kappa shape index (κ1) is 14.5. The molecule has 0 spiro atoms. The Kier molecular flexibility index (Phi) is 4.94. The monoisotopic (exact) mass is 277 g/mol. The van der Waals surface area contributed by atoms with Gasteiger partial charge in [-0.05, 0) is 25.1 Å². The molecule has 2 unspecified atom stereocenters. The second-order valence-electron chi connectivity index (χ2n) is 5.31. The lowest BCUT2D eigenvalue weighted by atomic mass is 10.2. The average Bonchev–Trinajstić information content (AvgIpc) is 2.82. The number of thioether (sulfide) groups is 1. The molecule has 0 aliphatic heterocycles. The van der Waals surface area contributed by atoms with Crippen LogP contribution in [0.2, 0.25) is 0 Å². The Balaban J connectivity index is 2.08. The maximum absolute atomic E-state index is 5.94. The van der Waals surface area contributed by atoms with E-state index in [1.54, 1.807) is 0 Å². The number of fused-ring (bicyclic) bond motifs is 1. The Morgan fingerprint density at radius 2 is 1.95 bits per heavy atom. The summed E-state index contributed by atoms with van der Waals surface area (Å²) in [5.74, 6) is 2.78. The van der Waals surface area contributed by atoms with Gasteiger partial charge in [0.1, 0.15) is 11.3 Å². The molecule has 104 valence electrons. The predicted molar refractivity (Wildman–Crippen MR) is 84.8 cm³/mol. The molecule has 0 radical (unpaired) electrons. The van der Waals surface area contributed by atoms with Crippen LogP contribution in [-0.2, 0) is 0 Å². The van der Waals surface area contributed by atoms with Crippen LogP contribution in [0.4, 0.5) is 0 Å². The van der Waals surface area contributed by atoms with Crippen LogP contribution in [0.15, 0.2) is 34.7 Å². The molecule has 0 aliphatic rings. The third kappa shape index (κ3) is 3.54. The zero-order chi connectivity index (χ0) is 13.8. The number of nitrogens with one attached hydrogen (secondary N) is 1. The minimum Gasteiger partial charge on any atom is -0.459 e. The highest BCUT2D eigenvalue weighted by molar-refractivity contribution is 7.99. The van der Waals surface area contributed by atoms with E-state index in [1.807, 2.05) is 37.0 Å². The molecule has 2 atom stereocenters. The van der Waals surface area contributed by atoms with Crippen molar-refractivity contribution in [1.82, 2.24) is 5.32 Å². The van der Waals surface area contributed by atoms with Crippen molar-refractivity contribution in [3.63, 3.8) is 0 Å². The lowest BCUT2D eigenvalue weighted by molar-refractivity contribution is 0.478. The zero-order valence-corrected chi connectivity index (χ0v) is 13.0. The molecule has 3 heteroatoms. The van der Waals surface area contributed by atoms with Gasteiger partial charge in [0.25, 0.3) is 0 Å². The summed E-state index contributed by atoms with van der Waals surface area (Å²) < 4.78 is 5.94. The van der Waals surface area contributed by atoms with Crippen molar-refractivity contribution in [2.75, 3.05) is 12.8 Å². The van der Waals surface area contributed by atoms with E-state index in [4.69, 9.17) is 4.42 Å². The molecule has 1 aromatic heterocycles. The maximum atomic E-state index is 5.94. The van der Waals surface area contributed by atoms with E-state index in [0.717, 1.165) is 17.1 Å². The second kappa shape index (κ2) is 6.49. The highest BCUT2D eigenvalue weighted by Crippen LogP contribution is 2.28. The lowest BCUT2D eigenvalue weighted by Crippen LogP contribution is -2.20. The van der Waals surface area contributed by atoms with E-state index in [-0.39, 0.29) is 6.04 Å². The molecular weight excluding hydrogens is 254 g/mol. The van der Waals surface area contributed by atoms with Gasteiger partial charge in [-0.1, -0.05) is 39.0 Å². The third-order valence-electron chi connectivity index (χ3n) is 3.60. The molecule has 1 N–H and O–H groups in total. The van der Waals surface area contributed by atoms with E-state index in [9.17, 15) is 0 Å². The maximum Gasteiger partial charge on any atom is 0.134 e. The number of benzene rings is 1. The van der Waals surface area contributed by atoms with Crippen LogP contribution in [0.3, 0.4) is 0 Å². The minimum atomic E-state index is 0.276. The summed E-state index contributed by atoms with van der Waals surface area (Å²) in [5, 5.41) is 5.21. The van der Waals surface area contributed by atoms with E-state index in [1.165, 1.54) is 5.39 Å². The van der Waals surface area contributed by atoms with Gasteiger partial charge in [0.05, 0.1) is 6.04 Å². The molecule has 1 aromatic carbocycles. The van der Waals surface area contributed by atoms with Crippen molar-refractivity contribution in [1.29, 1.82) is 0 Å². The van der Waals surface area contributed by atoms with Crippen LogP contribution in [0.25, 0.3) is 11.0 Å². The molecule has 2 nitrogen and oxygen atoms in total. The summed E-state index contributed by atoms with van der Waals surface area (Å²) in [5.41, 5.74) is 0.972. The fraction of sp³-hybridized carbons (Fsp3) is 0.500. The second-order valence-corrected chi connectivity index (χ2v) is 6.72. The van der Waals surface area contributed by atoms with Gasteiger partial charge in [0.2, 0.25) is 0 Å². The highest BCUT2D eigenvalue weighted by Gasteiger charge is 2.17. The van der Waals surface area contributed by atoms with Crippen LogP contribution in [0.5, 0.6) is 0 Å². The van der Waals surface area contributed by atoms with Crippen molar-refractivity contribution >= 4 is 22.7 Å². The van der Waals surface area contributed by atoms with Crippen LogP contribution >= 0.6 is 11.8 Å². The Morgan fingerprint density at radius 1 is 1.21 bits per heavy atom. The van der Waals surface area contributed by atoms with Gasteiger partial charge in [0, 0.05) is 16.4 Å². The molecule has 0 saturated carbocycles. The first-order valence-corrected chi connectivity index (χ1v) is 7.94. The van der Waals surface area contributed by atoms with Crippen molar-refractivity contribution in [3.8, 4) is 0 Å².